The van der Waals surface area contributed by atoms with Crippen LogP contribution in [0, 0.1) is 23.0 Å². The van der Waals surface area contributed by atoms with Crippen LogP contribution in [-0.2, 0) is 6.54 Å². The summed E-state index contributed by atoms with van der Waals surface area (Å²) in [5, 5.41) is 0. The highest BCUT2D eigenvalue weighted by atomic mass is 19.1. The number of likely N-dealkylation sites (tertiary alicyclic amines) is 1. The average molecular weight is 267 g/mol. The first-order valence-corrected chi connectivity index (χ1v) is 7.02. The third-order valence-corrected chi connectivity index (χ3v) is 4.22. The zero-order valence-corrected chi connectivity index (χ0v) is 12.0. The topological polar surface area (TPSA) is 3.24 Å². The van der Waals surface area contributed by atoms with Crippen LogP contribution in [0.2, 0.25) is 0 Å². The third-order valence-electron chi connectivity index (χ3n) is 4.22. The summed E-state index contributed by atoms with van der Waals surface area (Å²) in [7, 11) is 0. The molecule has 1 fully saturated rings. The van der Waals surface area contributed by atoms with Crippen molar-refractivity contribution in [1.82, 2.24) is 4.90 Å². The van der Waals surface area contributed by atoms with E-state index in [0.717, 1.165) is 37.9 Å². The molecule has 3 heteroatoms. The molecule has 106 valence electrons. The fourth-order valence-electron chi connectivity index (χ4n) is 2.85. The summed E-state index contributed by atoms with van der Waals surface area (Å²) in [4.78, 5) is 2.26. The van der Waals surface area contributed by atoms with Crippen molar-refractivity contribution in [3.05, 3.63) is 35.4 Å². The van der Waals surface area contributed by atoms with E-state index < -0.39 is 11.6 Å². The zero-order valence-electron chi connectivity index (χ0n) is 12.0. The Morgan fingerprint density at radius 3 is 2.32 bits per heavy atom. The molecular weight excluding hydrogens is 244 g/mol. The molecule has 0 aromatic heterocycles. The Balaban J connectivity index is 1.92. The largest absolute Gasteiger partial charge is 0.299 e. The summed E-state index contributed by atoms with van der Waals surface area (Å²) in [6, 6.07) is 3.86. The molecule has 0 aliphatic carbocycles. The van der Waals surface area contributed by atoms with Crippen LogP contribution < -0.4 is 0 Å². The van der Waals surface area contributed by atoms with Crippen molar-refractivity contribution in [1.29, 1.82) is 0 Å². The van der Waals surface area contributed by atoms with Crippen molar-refractivity contribution in [2.75, 3.05) is 13.1 Å². The first-order valence-electron chi connectivity index (χ1n) is 7.02. The van der Waals surface area contributed by atoms with E-state index in [2.05, 4.69) is 25.7 Å². The molecule has 0 spiro atoms. The first-order chi connectivity index (χ1) is 8.86. The van der Waals surface area contributed by atoms with Gasteiger partial charge >= 0.3 is 0 Å². The van der Waals surface area contributed by atoms with E-state index >= 15 is 0 Å². The second-order valence-corrected chi connectivity index (χ2v) is 6.65. The lowest BCUT2D eigenvalue weighted by molar-refractivity contribution is 0.107. The number of halogens is 2. The van der Waals surface area contributed by atoms with Crippen LogP contribution in [0.3, 0.4) is 0 Å². The lowest BCUT2D eigenvalue weighted by atomic mass is 9.75. The van der Waals surface area contributed by atoms with Gasteiger partial charge in [0, 0.05) is 18.2 Å². The summed E-state index contributed by atoms with van der Waals surface area (Å²) >= 11 is 0. The van der Waals surface area contributed by atoms with Gasteiger partial charge in [-0.05, 0) is 43.3 Å². The molecule has 0 atom stereocenters. The van der Waals surface area contributed by atoms with Gasteiger partial charge in [0.1, 0.15) is 11.6 Å². The predicted molar refractivity (Wildman–Crippen MR) is 73.8 cm³/mol. The number of benzene rings is 1. The third kappa shape index (κ3) is 3.75. The summed E-state index contributed by atoms with van der Waals surface area (Å²) in [6.45, 7) is 9.44. The van der Waals surface area contributed by atoms with E-state index in [-0.39, 0.29) is 0 Å². The van der Waals surface area contributed by atoms with Crippen LogP contribution in [0.15, 0.2) is 18.2 Å². The minimum atomic E-state index is -0.507. The van der Waals surface area contributed by atoms with Crippen molar-refractivity contribution in [2.45, 2.75) is 40.2 Å². The normalized spacial score (nSPS) is 18.8. The first kappa shape index (κ1) is 14.4. The van der Waals surface area contributed by atoms with Gasteiger partial charge in [-0.3, -0.25) is 4.90 Å². The molecule has 19 heavy (non-hydrogen) atoms. The number of hydrogen-bond donors (Lipinski definition) is 0. The van der Waals surface area contributed by atoms with Crippen LogP contribution in [-0.4, -0.2) is 18.0 Å². The highest BCUT2D eigenvalue weighted by Crippen LogP contribution is 2.34. The monoisotopic (exact) mass is 267 g/mol. The number of piperidine rings is 1. The maximum absolute atomic E-state index is 13.6. The van der Waals surface area contributed by atoms with Crippen LogP contribution in [0.25, 0.3) is 0 Å². The molecule has 1 heterocycles. The van der Waals surface area contributed by atoms with Crippen molar-refractivity contribution in [3.63, 3.8) is 0 Å². The van der Waals surface area contributed by atoms with E-state index in [1.807, 2.05) is 0 Å². The Labute approximate surface area is 114 Å². The van der Waals surface area contributed by atoms with Gasteiger partial charge in [0.2, 0.25) is 0 Å². The molecule has 0 radical (unpaired) electrons. The molecule has 0 amide bonds. The Morgan fingerprint density at radius 1 is 1.16 bits per heavy atom. The van der Waals surface area contributed by atoms with E-state index in [9.17, 15) is 8.78 Å². The lowest BCUT2D eigenvalue weighted by Gasteiger charge is -2.38. The summed E-state index contributed by atoms with van der Waals surface area (Å²) in [5.41, 5.74) is 0.948. The van der Waals surface area contributed by atoms with Gasteiger partial charge in [-0.15, -0.1) is 0 Å². The molecule has 0 unspecified atom stereocenters. The smallest absolute Gasteiger partial charge is 0.130 e. The highest BCUT2D eigenvalue weighted by molar-refractivity contribution is 5.18. The van der Waals surface area contributed by atoms with Crippen LogP contribution in [0.1, 0.15) is 39.2 Å². The summed E-state index contributed by atoms with van der Waals surface area (Å²) in [6.07, 6.45) is 2.32. The Morgan fingerprint density at radius 2 is 1.79 bits per heavy atom. The highest BCUT2D eigenvalue weighted by Gasteiger charge is 2.28. The van der Waals surface area contributed by atoms with Crippen molar-refractivity contribution >= 4 is 0 Å². The molecule has 1 saturated heterocycles. The van der Waals surface area contributed by atoms with E-state index in [4.69, 9.17) is 0 Å². The van der Waals surface area contributed by atoms with E-state index in [1.165, 1.54) is 6.07 Å². The maximum Gasteiger partial charge on any atom is 0.130 e. The molecule has 2 rings (SSSR count). The van der Waals surface area contributed by atoms with E-state index in [1.54, 1.807) is 6.07 Å². The minimum Gasteiger partial charge on any atom is -0.299 e. The minimum absolute atomic E-state index is 0.354. The molecule has 1 aromatic carbocycles. The van der Waals surface area contributed by atoms with Crippen molar-refractivity contribution in [3.8, 4) is 0 Å². The standard InChI is InChI=1S/C16H23F2N/c1-16(2,3)13-6-8-19(9-7-13)11-12-4-5-14(17)10-15(12)18/h4-5,10,13H,6-9,11H2,1-3H3. The number of hydrogen-bond acceptors (Lipinski definition) is 1. The van der Waals surface area contributed by atoms with E-state index in [0.29, 0.717) is 17.5 Å². The molecule has 1 aromatic rings. The molecule has 0 bridgehead atoms. The molecule has 0 saturated carbocycles. The second-order valence-electron chi connectivity index (χ2n) is 6.65. The van der Waals surface area contributed by atoms with Gasteiger partial charge in [-0.25, -0.2) is 8.78 Å². The Kier molecular flexibility index (Phi) is 4.24. The fraction of sp³-hybridized carbons (Fsp3) is 0.625. The quantitative estimate of drug-likeness (QED) is 0.775. The van der Waals surface area contributed by atoms with Crippen molar-refractivity contribution < 1.29 is 8.78 Å². The fourth-order valence-corrected chi connectivity index (χ4v) is 2.85. The Hall–Kier alpha value is -0.960. The lowest BCUT2D eigenvalue weighted by Crippen LogP contribution is -2.37. The SMILES string of the molecule is CC(C)(C)C1CCN(Cc2ccc(F)cc2F)CC1. The Bertz CT molecular complexity index is 429. The number of rotatable bonds is 2. The molecular formula is C16H23F2N. The molecule has 1 aliphatic heterocycles. The van der Waals surface area contributed by atoms with Crippen molar-refractivity contribution in [2.24, 2.45) is 11.3 Å². The second kappa shape index (κ2) is 5.58. The van der Waals surface area contributed by atoms with Gasteiger partial charge in [0.15, 0.2) is 0 Å². The maximum atomic E-state index is 13.6. The van der Waals surface area contributed by atoms with Gasteiger partial charge < -0.3 is 0 Å². The molecule has 0 N–H and O–H groups in total. The zero-order chi connectivity index (χ0) is 14.0. The summed E-state index contributed by atoms with van der Waals surface area (Å²) in [5.74, 6) is -0.201. The van der Waals surface area contributed by atoms with Gasteiger partial charge in [-0.1, -0.05) is 26.8 Å². The van der Waals surface area contributed by atoms with Gasteiger partial charge in [0.05, 0.1) is 0 Å². The predicted octanol–water partition coefficient (Wildman–Crippen LogP) is 4.22. The van der Waals surface area contributed by atoms with Crippen LogP contribution >= 0.6 is 0 Å². The summed E-state index contributed by atoms with van der Waals surface area (Å²) < 4.78 is 26.5. The van der Waals surface area contributed by atoms with Gasteiger partial charge in [0.25, 0.3) is 0 Å². The average Bonchev–Trinajstić information content (AvgIpc) is 2.32. The number of nitrogens with zero attached hydrogens (tertiary/aromatic N) is 1. The van der Waals surface area contributed by atoms with Crippen LogP contribution in [0.4, 0.5) is 8.78 Å². The molecule has 1 aliphatic rings. The molecule has 1 nitrogen and oxygen atoms in total. The van der Waals surface area contributed by atoms with Crippen LogP contribution in [0.5, 0.6) is 0 Å². The van der Waals surface area contributed by atoms with Gasteiger partial charge in [-0.2, -0.15) is 0 Å².